The van der Waals surface area contributed by atoms with Crippen LogP contribution in [0.4, 0.5) is 0 Å². The Labute approximate surface area is 170 Å². The third kappa shape index (κ3) is 4.82. The topological polar surface area (TPSA) is 106 Å². The summed E-state index contributed by atoms with van der Waals surface area (Å²) >= 11 is 0. The van der Waals surface area contributed by atoms with Crippen LogP contribution in [0.25, 0.3) is 0 Å². The summed E-state index contributed by atoms with van der Waals surface area (Å²) < 4.78 is 33.9. The number of rotatable bonds is 6. The SMILES string of the molecule is COc1ccccc1C1CNCCN1C(=O)CNS(=O)(=O)c1cn(C)cn1.Cl. The first-order chi connectivity index (χ1) is 12.9. The predicted molar refractivity (Wildman–Crippen MR) is 106 cm³/mol. The van der Waals surface area contributed by atoms with Gasteiger partial charge in [-0.2, -0.15) is 0 Å². The number of nitrogens with one attached hydrogen (secondary N) is 2. The highest BCUT2D eigenvalue weighted by Gasteiger charge is 2.30. The number of benzene rings is 1. The van der Waals surface area contributed by atoms with Crippen molar-refractivity contribution in [1.82, 2.24) is 24.5 Å². The number of sulfonamides is 1. The van der Waals surface area contributed by atoms with Crippen LogP contribution in [0.3, 0.4) is 0 Å². The summed E-state index contributed by atoms with van der Waals surface area (Å²) in [6.07, 6.45) is 2.78. The maximum Gasteiger partial charge on any atom is 0.260 e. The quantitative estimate of drug-likeness (QED) is 0.684. The molecule has 1 amide bonds. The second kappa shape index (κ2) is 9.37. The molecular formula is C17H24ClN5O4S. The Morgan fingerprint density at radius 1 is 1.39 bits per heavy atom. The van der Waals surface area contributed by atoms with Crippen molar-refractivity contribution in [2.75, 3.05) is 33.3 Å². The molecule has 0 spiro atoms. The van der Waals surface area contributed by atoms with Crippen molar-refractivity contribution >= 4 is 28.3 Å². The zero-order valence-electron chi connectivity index (χ0n) is 15.7. The molecule has 11 heteroatoms. The van der Waals surface area contributed by atoms with E-state index in [1.807, 2.05) is 24.3 Å². The van der Waals surface area contributed by atoms with Crippen molar-refractivity contribution in [3.05, 3.63) is 42.4 Å². The third-order valence-electron chi connectivity index (χ3n) is 4.43. The molecule has 9 nitrogen and oxygen atoms in total. The fourth-order valence-corrected chi connectivity index (χ4v) is 4.03. The molecule has 28 heavy (non-hydrogen) atoms. The zero-order chi connectivity index (χ0) is 19.4. The molecule has 154 valence electrons. The highest BCUT2D eigenvalue weighted by molar-refractivity contribution is 7.89. The van der Waals surface area contributed by atoms with E-state index >= 15 is 0 Å². The van der Waals surface area contributed by atoms with Crippen molar-refractivity contribution in [2.45, 2.75) is 11.1 Å². The molecule has 1 aliphatic rings. The van der Waals surface area contributed by atoms with Gasteiger partial charge in [-0.3, -0.25) is 4.79 Å². The standard InChI is InChI=1S/C17H23N5O4S.ClH/c1-21-11-16(19-12-21)27(24,25)20-10-17(23)22-8-7-18-9-14(22)13-5-3-4-6-15(13)26-2;/h3-6,11-12,14,18,20H,7-10H2,1-2H3;1H. The Morgan fingerprint density at radius 2 is 2.14 bits per heavy atom. The Bertz CT molecular complexity index is 918. The van der Waals surface area contributed by atoms with Gasteiger partial charge in [0.05, 0.1) is 26.0 Å². The van der Waals surface area contributed by atoms with Crippen LogP contribution in [-0.4, -0.2) is 62.1 Å². The normalized spacial score (nSPS) is 17.1. The first kappa shape index (κ1) is 22.2. The molecule has 1 fully saturated rings. The van der Waals surface area contributed by atoms with Gasteiger partial charge in [-0.05, 0) is 6.07 Å². The molecule has 0 aliphatic carbocycles. The number of hydrogen-bond acceptors (Lipinski definition) is 6. The van der Waals surface area contributed by atoms with E-state index in [1.165, 1.54) is 17.1 Å². The number of hydrogen-bond donors (Lipinski definition) is 2. The number of ether oxygens (including phenoxy) is 1. The lowest BCUT2D eigenvalue weighted by molar-refractivity contribution is -0.133. The Hall–Kier alpha value is -2.14. The number of amides is 1. The molecule has 3 rings (SSSR count). The van der Waals surface area contributed by atoms with Crippen LogP contribution >= 0.6 is 12.4 Å². The second-order valence-electron chi connectivity index (χ2n) is 6.25. The Morgan fingerprint density at radius 3 is 2.82 bits per heavy atom. The van der Waals surface area contributed by atoms with Crippen LogP contribution in [-0.2, 0) is 21.9 Å². The van der Waals surface area contributed by atoms with Gasteiger partial charge in [-0.1, -0.05) is 18.2 Å². The number of imidazole rings is 1. The van der Waals surface area contributed by atoms with Crippen molar-refractivity contribution < 1.29 is 17.9 Å². The average Bonchev–Trinajstić information content (AvgIpc) is 3.13. The molecule has 2 aromatic rings. The number of nitrogens with zero attached hydrogens (tertiary/aromatic N) is 3. The first-order valence-corrected chi connectivity index (χ1v) is 10.0. The van der Waals surface area contributed by atoms with Gasteiger partial charge in [-0.25, -0.2) is 18.1 Å². The van der Waals surface area contributed by atoms with Crippen molar-refractivity contribution in [1.29, 1.82) is 0 Å². The number of methoxy groups -OCH3 is 1. The average molecular weight is 430 g/mol. The summed E-state index contributed by atoms with van der Waals surface area (Å²) in [6.45, 7) is 1.36. The highest BCUT2D eigenvalue weighted by Crippen LogP contribution is 2.30. The van der Waals surface area contributed by atoms with Crippen LogP contribution in [0, 0.1) is 0 Å². The summed E-state index contributed by atoms with van der Waals surface area (Å²) in [5.74, 6) is 0.393. The smallest absolute Gasteiger partial charge is 0.260 e. The van der Waals surface area contributed by atoms with Crippen LogP contribution in [0.15, 0.2) is 41.8 Å². The summed E-state index contributed by atoms with van der Waals surface area (Å²) in [5, 5.41) is 3.16. The molecule has 2 N–H and O–H groups in total. The Kier molecular flexibility index (Phi) is 7.41. The molecule has 0 radical (unpaired) electrons. The van der Waals surface area contributed by atoms with E-state index in [1.54, 1.807) is 19.1 Å². The molecule has 2 heterocycles. The van der Waals surface area contributed by atoms with Crippen LogP contribution in [0.1, 0.15) is 11.6 Å². The summed E-state index contributed by atoms with van der Waals surface area (Å²) in [5.41, 5.74) is 0.883. The molecule has 1 unspecified atom stereocenters. The second-order valence-corrected chi connectivity index (χ2v) is 7.96. The minimum atomic E-state index is -3.84. The third-order valence-corrected chi connectivity index (χ3v) is 5.72. The molecule has 1 saturated heterocycles. The summed E-state index contributed by atoms with van der Waals surface area (Å²) in [6, 6.07) is 7.28. The largest absolute Gasteiger partial charge is 0.496 e. The lowest BCUT2D eigenvalue weighted by Crippen LogP contribution is -2.51. The molecule has 1 aromatic heterocycles. The first-order valence-electron chi connectivity index (χ1n) is 8.53. The van der Waals surface area contributed by atoms with E-state index in [2.05, 4.69) is 15.0 Å². The predicted octanol–water partition coefficient (Wildman–Crippen LogP) is 0.302. The number of halogens is 1. The van der Waals surface area contributed by atoms with Crippen molar-refractivity contribution in [2.24, 2.45) is 7.05 Å². The summed E-state index contributed by atoms with van der Waals surface area (Å²) in [7, 11) is -0.576. The number of carbonyl (C=O) groups excluding carboxylic acids is 1. The fourth-order valence-electron chi connectivity index (χ4n) is 3.08. The van der Waals surface area contributed by atoms with Gasteiger partial charge < -0.3 is 19.5 Å². The van der Waals surface area contributed by atoms with E-state index in [9.17, 15) is 13.2 Å². The van der Waals surface area contributed by atoms with E-state index in [-0.39, 0.29) is 35.9 Å². The van der Waals surface area contributed by atoms with E-state index in [4.69, 9.17) is 4.74 Å². The number of aryl methyl sites for hydroxylation is 1. The van der Waals surface area contributed by atoms with Crippen LogP contribution in [0.5, 0.6) is 5.75 Å². The number of para-hydroxylation sites is 1. The number of piperazine rings is 1. The van der Waals surface area contributed by atoms with E-state index in [0.717, 1.165) is 5.56 Å². The molecule has 0 saturated carbocycles. The van der Waals surface area contributed by atoms with Gasteiger partial charge in [0, 0.05) is 38.4 Å². The van der Waals surface area contributed by atoms with Crippen molar-refractivity contribution in [3.63, 3.8) is 0 Å². The fraction of sp³-hybridized carbons (Fsp3) is 0.412. The number of aromatic nitrogens is 2. The van der Waals surface area contributed by atoms with Gasteiger partial charge in [0.1, 0.15) is 5.75 Å². The maximum absolute atomic E-state index is 12.8. The zero-order valence-corrected chi connectivity index (χ0v) is 17.3. The molecule has 1 atom stereocenters. The van der Waals surface area contributed by atoms with Gasteiger partial charge in [0.2, 0.25) is 5.91 Å². The minimum absolute atomic E-state index is 0. The van der Waals surface area contributed by atoms with Crippen LogP contribution in [0.2, 0.25) is 0 Å². The molecule has 1 aromatic carbocycles. The number of carbonyl (C=O) groups is 1. The Balaban J connectivity index is 0.00000280. The van der Waals surface area contributed by atoms with Gasteiger partial charge in [-0.15, -0.1) is 12.4 Å². The highest BCUT2D eigenvalue weighted by atomic mass is 35.5. The van der Waals surface area contributed by atoms with Gasteiger partial charge in [0.25, 0.3) is 10.0 Å². The summed E-state index contributed by atoms with van der Waals surface area (Å²) in [4.78, 5) is 18.3. The molecule has 0 bridgehead atoms. The molecular weight excluding hydrogens is 406 g/mol. The minimum Gasteiger partial charge on any atom is -0.496 e. The lowest BCUT2D eigenvalue weighted by atomic mass is 10.0. The van der Waals surface area contributed by atoms with E-state index < -0.39 is 10.0 Å². The monoisotopic (exact) mass is 429 g/mol. The van der Waals surface area contributed by atoms with Gasteiger partial charge in [0.15, 0.2) is 5.03 Å². The van der Waals surface area contributed by atoms with Crippen molar-refractivity contribution in [3.8, 4) is 5.75 Å². The maximum atomic E-state index is 12.8. The van der Waals surface area contributed by atoms with E-state index in [0.29, 0.717) is 25.4 Å². The molecule has 1 aliphatic heterocycles. The lowest BCUT2D eigenvalue weighted by Gasteiger charge is -2.37. The van der Waals surface area contributed by atoms with Gasteiger partial charge >= 0.3 is 0 Å². The van der Waals surface area contributed by atoms with Crippen LogP contribution < -0.4 is 14.8 Å².